The van der Waals surface area contributed by atoms with E-state index in [2.05, 4.69) is 15.6 Å². The van der Waals surface area contributed by atoms with Gasteiger partial charge in [0.15, 0.2) is 5.69 Å². The summed E-state index contributed by atoms with van der Waals surface area (Å²) in [6.07, 6.45) is 5.17. The fourth-order valence-corrected chi connectivity index (χ4v) is 3.34. The van der Waals surface area contributed by atoms with E-state index in [0.29, 0.717) is 23.8 Å². The molecule has 7 nitrogen and oxygen atoms in total. The van der Waals surface area contributed by atoms with Crippen LogP contribution in [0.3, 0.4) is 0 Å². The van der Waals surface area contributed by atoms with Crippen LogP contribution in [0, 0.1) is 5.92 Å². The highest BCUT2D eigenvalue weighted by atomic mass is 35.5. The van der Waals surface area contributed by atoms with Crippen molar-refractivity contribution in [3.05, 3.63) is 41.2 Å². The average molecular weight is 374 g/mol. The molecule has 1 saturated heterocycles. The first-order valence-corrected chi connectivity index (χ1v) is 9.26. The molecule has 4 rings (SSSR count). The number of amides is 2. The van der Waals surface area contributed by atoms with Gasteiger partial charge < -0.3 is 10.2 Å². The molecule has 0 unspecified atom stereocenters. The van der Waals surface area contributed by atoms with Gasteiger partial charge in [0.25, 0.3) is 5.91 Å². The molecule has 1 aromatic carbocycles. The highest BCUT2D eigenvalue weighted by molar-refractivity contribution is 6.30. The molecular formula is C18H20ClN5O2. The van der Waals surface area contributed by atoms with Gasteiger partial charge in [-0.1, -0.05) is 22.9 Å². The van der Waals surface area contributed by atoms with Crippen molar-refractivity contribution in [1.29, 1.82) is 0 Å². The van der Waals surface area contributed by atoms with E-state index in [1.807, 2.05) is 12.1 Å². The van der Waals surface area contributed by atoms with E-state index in [4.69, 9.17) is 11.6 Å². The molecule has 2 fully saturated rings. The van der Waals surface area contributed by atoms with Gasteiger partial charge in [0.05, 0.1) is 11.9 Å². The number of benzene rings is 1. The second kappa shape index (κ2) is 7.07. The third-order valence-electron chi connectivity index (χ3n) is 4.86. The van der Waals surface area contributed by atoms with Crippen molar-refractivity contribution >= 4 is 23.4 Å². The molecule has 1 saturated carbocycles. The Morgan fingerprint density at radius 1 is 1.15 bits per heavy atom. The molecule has 0 atom stereocenters. The first kappa shape index (κ1) is 17.0. The van der Waals surface area contributed by atoms with Crippen LogP contribution in [-0.2, 0) is 4.79 Å². The second-order valence-corrected chi connectivity index (χ2v) is 7.31. The molecule has 136 valence electrons. The number of nitrogens with zero attached hydrogens (tertiary/aromatic N) is 4. The van der Waals surface area contributed by atoms with E-state index in [-0.39, 0.29) is 23.8 Å². The molecule has 0 radical (unpaired) electrons. The van der Waals surface area contributed by atoms with Crippen LogP contribution in [0.5, 0.6) is 0 Å². The predicted octanol–water partition coefficient (Wildman–Crippen LogP) is 2.05. The van der Waals surface area contributed by atoms with E-state index >= 15 is 0 Å². The Labute approximate surface area is 156 Å². The second-order valence-electron chi connectivity index (χ2n) is 6.88. The number of hydrogen-bond donors (Lipinski definition) is 1. The van der Waals surface area contributed by atoms with Crippen molar-refractivity contribution in [1.82, 2.24) is 25.2 Å². The smallest absolute Gasteiger partial charge is 0.276 e. The zero-order valence-corrected chi connectivity index (χ0v) is 15.0. The fourth-order valence-electron chi connectivity index (χ4n) is 3.16. The van der Waals surface area contributed by atoms with Gasteiger partial charge >= 0.3 is 0 Å². The van der Waals surface area contributed by atoms with Gasteiger partial charge in [-0.15, -0.1) is 5.10 Å². The minimum atomic E-state index is -0.134. The van der Waals surface area contributed by atoms with E-state index < -0.39 is 0 Å². The fraction of sp³-hybridized carbons (Fsp3) is 0.444. The standard InChI is InChI=1S/C18H20ClN5O2/c19-13-2-1-3-15(10-13)24-11-16(21-22-24)18(26)23-8-6-14(7-9-23)20-17(25)12-4-5-12/h1-3,10-12,14H,4-9H2,(H,20,25). The first-order valence-electron chi connectivity index (χ1n) is 8.88. The lowest BCUT2D eigenvalue weighted by atomic mass is 10.0. The molecule has 8 heteroatoms. The third-order valence-corrected chi connectivity index (χ3v) is 5.10. The number of likely N-dealkylation sites (tertiary alicyclic amines) is 1. The molecular weight excluding hydrogens is 354 g/mol. The number of rotatable bonds is 4. The molecule has 1 aliphatic carbocycles. The van der Waals surface area contributed by atoms with Gasteiger partial charge in [-0.2, -0.15) is 0 Å². The average Bonchev–Trinajstić information content (AvgIpc) is 3.39. The van der Waals surface area contributed by atoms with Crippen LogP contribution in [-0.4, -0.2) is 50.8 Å². The van der Waals surface area contributed by atoms with Crippen LogP contribution >= 0.6 is 11.6 Å². The lowest BCUT2D eigenvalue weighted by Crippen LogP contribution is -2.47. The summed E-state index contributed by atoms with van der Waals surface area (Å²) in [5.74, 6) is 0.251. The van der Waals surface area contributed by atoms with Gasteiger partial charge in [0, 0.05) is 30.1 Å². The molecule has 1 aromatic heterocycles. The number of carbonyl (C=O) groups excluding carboxylic acids is 2. The van der Waals surface area contributed by atoms with Gasteiger partial charge in [0.2, 0.25) is 5.91 Å². The number of halogens is 1. The van der Waals surface area contributed by atoms with E-state index in [1.54, 1.807) is 27.9 Å². The Morgan fingerprint density at radius 3 is 2.62 bits per heavy atom. The summed E-state index contributed by atoms with van der Waals surface area (Å²) in [5.41, 5.74) is 1.07. The number of carbonyl (C=O) groups is 2. The number of aromatic nitrogens is 3. The Hall–Kier alpha value is -2.41. The molecule has 2 aliphatic rings. The number of nitrogens with one attached hydrogen (secondary N) is 1. The topological polar surface area (TPSA) is 80.1 Å². The van der Waals surface area contributed by atoms with Crippen molar-refractivity contribution in [2.75, 3.05) is 13.1 Å². The number of piperidine rings is 1. The van der Waals surface area contributed by atoms with Crippen LogP contribution in [0.25, 0.3) is 5.69 Å². The third kappa shape index (κ3) is 3.72. The first-order chi connectivity index (χ1) is 12.6. The monoisotopic (exact) mass is 373 g/mol. The molecule has 2 aromatic rings. The zero-order chi connectivity index (χ0) is 18.1. The maximum atomic E-state index is 12.7. The van der Waals surface area contributed by atoms with Crippen LogP contribution in [0.1, 0.15) is 36.2 Å². The van der Waals surface area contributed by atoms with Crippen LogP contribution in [0.15, 0.2) is 30.5 Å². The van der Waals surface area contributed by atoms with Crippen molar-refractivity contribution in [3.8, 4) is 5.69 Å². The van der Waals surface area contributed by atoms with Crippen LogP contribution in [0.4, 0.5) is 0 Å². The molecule has 0 bridgehead atoms. The Kier molecular flexibility index (Phi) is 4.63. The lowest BCUT2D eigenvalue weighted by molar-refractivity contribution is -0.123. The minimum absolute atomic E-state index is 0.134. The van der Waals surface area contributed by atoms with E-state index in [0.717, 1.165) is 31.4 Å². The summed E-state index contributed by atoms with van der Waals surface area (Å²) in [6, 6.07) is 7.37. The number of hydrogen-bond acceptors (Lipinski definition) is 4. The van der Waals surface area contributed by atoms with Gasteiger partial charge in [-0.05, 0) is 43.9 Å². The van der Waals surface area contributed by atoms with E-state index in [9.17, 15) is 9.59 Å². The maximum Gasteiger partial charge on any atom is 0.276 e. The normalized spacial score (nSPS) is 18.0. The van der Waals surface area contributed by atoms with E-state index in [1.165, 1.54) is 0 Å². The summed E-state index contributed by atoms with van der Waals surface area (Å²) in [5, 5.41) is 11.7. The van der Waals surface area contributed by atoms with Crippen molar-refractivity contribution in [2.45, 2.75) is 31.7 Å². The van der Waals surface area contributed by atoms with Crippen molar-refractivity contribution in [3.63, 3.8) is 0 Å². The highest BCUT2D eigenvalue weighted by Gasteiger charge is 2.32. The quantitative estimate of drug-likeness (QED) is 0.889. The van der Waals surface area contributed by atoms with Gasteiger partial charge in [-0.3, -0.25) is 9.59 Å². The van der Waals surface area contributed by atoms with Crippen molar-refractivity contribution in [2.24, 2.45) is 5.92 Å². The predicted molar refractivity (Wildman–Crippen MR) is 96.2 cm³/mol. The summed E-state index contributed by atoms with van der Waals surface area (Å²) in [6.45, 7) is 1.22. The molecule has 26 heavy (non-hydrogen) atoms. The summed E-state index contributed by atoms with van der Waals surface area (Å²) in [4.78, 5) is 26.3. The zero-order valence-electron chi connectivity index (χ0n) is 14.3. The van der Waals surface area contributed by atoms with Crippen LogP contribution in [0.2, 0.25) is 5.02 Å². The molecule has 1 N–H and O–H groups in total. The van der Waals surface area contributed by atoms with Gasteiger partial charge in [0.1, 0.15) is 0 Å². The van der Waals surface area contributed by atoms with Crippen molar-refractivity contribution < 1.29 is 9.59 Å². The Balaban J connectivity index is 1.36. The summed E-state index contributed by atoms with van der Waals surface area (Å²) < 4.78 is 1.54. The molecule has 0 spiro atoms. The molecule has 2 amide bonds. The SMILES string of the molecule is O=C(NC1CCN(C(=O)c2cn(-c3cccc(Cl)c3)nn2)CC1)C1CC1. The maximum absolute atomic E-state index is 12.7. The summed E-state index contributed by atoms with van der Waals surface area (Å²) >= 11 is 5.99. The minimum Gasteiger partial charge on any atom is -0.353 e. The lowest BCUT2D eigenvalue weighted by Gasteiger charge is -2.31. The van der Waals surface area contributed by atoms with Gasteiger partial charge in [-0.25, -0.2) is 4.68 Å². The largest absolute Gasteiger partial charge is 0.353 e. The van der Waals surface area contributed by atoms with Crippen LogP contribution < -0.4 is 5.32 Å². The molecule has 2 heterocycles. The molecule has 1 aliphatic heterocycles. The Bertz CT molecular complexity index is 824. The summed E-state index contributed by atoms with van der Waals surface area (Å²) in [7, 11) is 0. The highest BCUT2D eigenvalue weighted by Crippen LogP contribution is 2.29. The Morgan fingerprint density at radius 2 is 1.92 bits per heavy atom.